The Bertz CT molecular complexity index is 543. The maximum absolute atomic E-state index is 9.33. The fraction of sp³-hybridized carbons (Fsp3) is 0.154. The van der Waals surface area contributed by atoms with Crippen LogP contribution in [0.5, 0.6) is 5.75 Å². The third-order valence-electron chi connectivity index (χ3n) is 2.59. The van der Waals surface area contributed by atoms with Crippen molar-refractivity contribution in [2.24, 2.45) is 0 Å². The molecule has 3 nitrogen and oxygen atoms in total. The summed E-state index contributed by atoms with van der Waals surface area (Å²) in [5, 5.41) is 9.33. The van der Waals surface area contributed by atoms with Crippen LogP contribution in [-0.4, -0.2) is 12.1 Å². The summed E-state index contributed by atoms with van der Waals surface area (Å²) in [5.74, 6) is 0.398. The number of nitrogens with zero attached hydrogens (tertiary/aromatic N) is 1. The lowest BCUT2D eigenvalue weighted by Crippen LogP contribution is -2.00. The minimum atomic E-state index is -0.325. The Hall–Kier alpha value is -1.73. The standard InChI is InChI=1S/C13H11BrN2O/c1-17-13-3-2-10(14)6-11(13)12(7-15)9-4-5-16-8-9/h2-6,8,12,16H,1H3. The Morgan fingerprint density at radius 3 is 2.82 bits per heavy atom. The number of aromatic nitrogens is 1. The highest BCUT2D eigenvalue weighted by Gasteiger charge is 2.18. The largest absolute Gasteiger partial charge is 0.496 e. The molecular formula is C13H11BrN2O. The molecule has 1 aromatic carbocycles. The van der Waals surface area contributed by atoms with E-state index in [2.05, 4.69) is 27.0 Å². The van der Waals surface area contributed by atoms with E-state index in [1.54, 1.807) is 7.11 Å². The van der Waals surface area contributed by atoms with Gasteiger partial charge in [0.05, 0.1) is 13.2 Å². The van der Waals surface area contributed by atoms with Gasteiger partial charge in [-0.15, -0.1) is 0 Å². The SMILES string of the molecule is COc1ccc(Br)cc1C(C#N)c1cc[nH]c1. The lowest BCUT2D eigenvalue weighted by molar-refractivity contribution is 0.409. The molecule has 86 valence electrons. The van der Waals surface area contributed by atoms with E-state index >= 15 is 0 Å². The van der Waals surface area contributed by atoms with Crippen molar-refractivity contribution in [1.82, 2.24) is 4.98 Å². The first-order chi connectivity index (χ1) is 8.26. The van der Waals surface area contributed by atoms with Gasteiger partial charge in [-0.1, -0.05) is 15.9 Å². The number of aromatic amines is 1. The summed E-state index contributed by atoms with van der Waals surface area (Å²) in [4.78, 5) is 2.96. The van der Waals surface area contributed by atoms with Crippen molar-refractivity contribution >= 4 is 15.9 Å². The topological polar surface area (TPSA) is 48.8 Å². The highest BCUT2D eigenvalue weighted by atomic mass is 79.9. The van der Waals surface area contributed by atoms with E-state index in [4.69, 9.17) is 4.74 Å². The van der Waals surface area contributed by atoms with Gasteiger partial charge in [0.2, 0.25) is 0 Å². The van der Waals surface area contributed by atoms with Crippen molar-refractivity contribution in [2.45, 2.75) is 5.92 Å². The van der Waals surface area contributed by atoms with E-state index in [0.717, 1.165) is 21.3 Å². The van der Waals surface area contributed by atoms with Gasteiger partial charge in [0, 0.05) is 22.4 Å². The Kier molecular flexibility index (Phi) is 3.50. The van der Waals surface area contributed by atoms with E-state index in [1.165, 1.54) is 0 Å². The third kappa shape index (κ3) is 2.34. The average Bonchev–Trinajstić information content (AvgIpc) is 2.84. The fourth-order valence-electron chi connectivity index (χ4n) is 1.77. The van der Waals surface area contributed by atoms with Crippen LogP contribution >= 0.6 is 15.9 Å². The quantitative estimate of drug-likeness (QED) is 0.941. The smallest absolute Gasteiger partial charge is 0.123 e. The number of H-pyrrole nitrogens is 1. The number of hydrogen-bond donors (Lipinski definition) is 1. The summed E-state index contributed by atoms with van der Waals surface area (Å²) >= 11 is 3.41. The molecule has 1 N–H and O–H groups in total. The number of ether oxygens (including phenoxy) is 1. The lowest BCUT2D eigenvalue weighted by Gasteiger charge is -2.13. The number of nitriles is 1. The number of benzene rings is 1. The second-order valence-corrected chi connectivity index (χ2v) is 4.51. The van der Waals surface area contributed by atoms with Crippen LogP contribution < -0.4 is 4.74 Å². The van der Waals surface area contributed by atoms with Gasteiger partial charge >= 0.3 is 0 Å². The molecule has 2 rings (SSSR count). The molecule has 0 aliphatic rings. The Labute approximate surface area is 108 Å². The van der Waals surface area contributed by atoms with Crippen LogP contribution in [0.15, 0.2) is 41.1 Å². The van der Waals surface area contributed by atoms with Gasteiger partial charge in [-0.05, 0) is 29.8 Å². The normalized spacial score (nSPS) is 11.8. The second kappa shape index (κ2) is 5.07. The highest BCUT2D eigenvalue weighted by molar-refractivity contribution is 9.10. The van der Waals surface area contributed by atoms with E-state index in [1.807, 2.05) is 36.7 Å². The van der Waals surface area contributed by atoms with Crippen LogP contribution in [0.4, 0.5) is 0 Å². The first kappa shape index (κ1) is 11.7. The molecule has 0 aliphatic carbocycles. The molecule has 1 unspecified atom stereocenters. The van der Waals surface area contributed by atoms with Crippen LogP contribution in [0, 0.1) is 11.3 Å². The molecular weight excluding hydrogens is 280 g/mol. The zero-order valence-corrected chi connectivity index (χ0v) is 10.9. The Balaban J connectivity index is 2.51. The Morgan fingerprint density at radius 1 is 1.41 bits per heavy atom. The number of hydrogen-bond acceptors (Lipinski definition) is 2. The highest BCUT2D eigenvalue weighted by Crippen LogP contribution is 2.33. The molecule has 0 saturated carbocycles. The van der Waals surface area contributed by atoms with Gasteiger partial charge in [-0.25, -0.2) is 0 Å². The summed E-state index contributed by atoms with van der Waals surface area (Å²) in [6, 6.07) is 9.87. The first-order valence-corrected chi connectivity index (χ1v) is 5.91. The number of rotatable bonds is 3. The second-order valence-electron chi connectivity index (χ2n) is 3.59. The van der Waals surface area contributed by atoms with Crippen molar-refractivity contribution in [1.29, 1.82) is 5.26 Å². The average molecular weight is 291 g/mol. The monoisotopic (exact) mass is 290 g/mol. The molecule has 17 heavy (non-hydrogen) atoms. The van der Waals surface area contributed by atoms with Crippen molar-refractivity contribution in [3.63, 3.8) is 0 Å². The summed E-state index contributed by atoms with van der Waals surface area (Å²) in [7, 11) is 1.61. The third-order valence-corrected chi connectivity index (χ3v) is 3.08. The van der Waals surface area contributed by atoms with E-state index in [9.17, 15) is 5.26 Å². The molecule has 0 amide bonds. The van der Waals surface area contributed by atoms with Gasteiger partial charge in [-0.3, -0.25) is 0 Å². The van der Waals surface area contributed by atoms with Crippen molar-refractivity contribution in [2.75, 3.05) is 7.11 Å². The number of nitrogens with one attached hydrogen (secondary N) is 1. The predicted molar refractivity (Wildman–Crippen MR) is 68.9 cm³/mol. The predicted octanol–water partition coefficient (Wildman–Crippen LogP) is 3.44. The molecule has 1 aromatic heterocycles. The van der Waals surface area contributed by atoms with Gasteiger partial charge < -0.3 is 9.72 Å². The van der Waals surface area contributed by atoms with Gasteiger partial charge in [0.25, 0.3) is 0 Å². The molecule has 4 heteroatoms. The molecule has 2 aromatic rings. The van der Waals surface area contributed by atoms with Crippen LogP contribution in [0.3, 0.4) is 0 Å². The molecule has 1 heterocycles. The van der Waals surface area contributed by atoms with Crippen LogP contribution in [0.2, 0.25) is 0 Å². The van der Waals surface area contributed by atoms with Crippen LogP contribution in [0.25, 0.3) is 0 Å². The summed E-state index contributed by atoms with van der Waals surface area (Å²) in [6.45, 7) is 0. The molecule has 0 aliphatic heterocycles. The van der Waals surface area contributed by atoms with Gasteiger partial charge in [0.1, 0.15) is 11.7 Å². The molecule has 0 spiro atoms. The zero-order chi connectivity index (χ0) is 12.3. The summed E-state index contributed by atoms with van der Waals surface area (Å²) < 4.78 is 6.23. The lowest BCUT2D eigenvalue weighted by atomic mass is 9.94. The van der Waals surface area contributed by atoms with Gasteiger partial charge in [0.15, 0.2) is 0 Å². The molecule has 0 saturated heterocycles. The molecule has 1 atom stereocenters. The van der Waals surface area contributed by atoms with E-state index in [-0.39, 0.29) is 5.92 Å². The van der Waals surface area contributed by atoms with Crippen molar-refractivity contribution in [3.05, 3.63) is 52.3 Å². The summed E-state index contributed by atoms with van der Waals surface area (Å²) in [6.07, 6.45) is 3.64. The Morgan fingerprint density at radius 2 is 2.24 bits per heavy atom. The number of methoxy groups -OCH3 is 1. The zero-order valence-electron chi connectivity index (χ0n) is 9.27. The van der Waals surface area contributed by atoms with Crippen molar-refractivity contribution in [3.8, 4) is 11.8 Å². The first-order valence-electron chi connectivity index (χ1n) is 5.12. The minimum absolute atomic E-state index is 0.325. The van der Waals surface area contributed by atoms with Gasteiger partial charge in [-0.2, -0.15) is 5.26 Å². The van der Waals surface area contributed by atoms with E-state index in [0.29, 0.717) is 0 Å². The van der Waals surface area contributed by atoms with Crippen LogP contribution in [-0.2, 0) is 0 Å². The molecule has 0 bridgehead atoms. The fourth-order valence-corrected chi connectivity index (χ4v) is 2.15. The number of halogens is 1. The summed E-state index contributed by atoms with van der Waals surface area (Å²) in [5.41, 5.74) is 1.80. The van der Waals surface area contributed by atoms with Crippen LogP contribution in [0.1, 0.15) is 17.0 Å². The maximum atomic E-state index is 9.33. The minimum Gasteiger partial charge on any atom is -0.496 e. The molecule has 0 fully saturated rings. The molecule has 0 radical (unpaired) electrons. The van der Waals surface area contributed by atoms with Crippen molar-refractivity contribution < 1.29 is 4.74 Å². The maximum Gasteiger partial charge on any atom is 0.123 e. The van der Waals surface area contributed by atoms with E-state index < -0.39 is 0 Å².